The molecule has 1 aliphatic rings. The minimum Gasteiger partial charge on any atom is -0.474 e. The molecule has 0 aromatic carbocycles. The van der Waals surface area contributed by atoms with Crippen LogP contribution >= 0.6 is 0 Å². The van der Waals surface area contributed by atoms with E-state index in [4.69, 9.17) is 14.3 Å². The van der Waals surface area contributed by atoms with Gasteiger partial charge in [0.2, 0.25) is 5.89 Å². The SMILES string of the molecule is CC1CCOC1c1nnc(C(=O)O)o1. The Kier molecular flexibility index (Phi) is 2.20. The van der Waals surface area contributed by atoms with E-state index in [0.717, 1.165) is 6.42 Å². The quantitative estimate of drug-likeness (QED) is 0.758. The van der Waals surface area contributed by atoms with Gasteiger partial charge in [0.1, 0.15) is 6.10 Å². The lowest BCUT2D eigenvalue weighted by Crippen LogP contribution is -2.04. The summed E-state index contributed by atoms with van der Waals surface area (Å²) in [6.07, 6.45) is 0.672. The van der Waals surface area contributed by atoms with E-state index in [0.29, 0.717) is 6.61 Å². The van der Waals surface area contributed by atoms with Crippen LogP contribution < -0.4 is 0 Å². The third kappa shape index (κ3) is 1.48. The van der Waals surface area contributed by atoms with Crippen molar-refractivity contribution in [2.75, 3.05) is 6.61 Å². The number of hydrogen-bond donors (Lipinski definition) is 1. The molecule has 2 rings (SSSR count). The number of carboxylic acids is 1. The van der Waals surface area contributed by atoms with E-state index in [1.54, 1.807) is 0 Å². The molecule has 1 aromatic heterocycles. The van der Waals surface area contributed by atoms with Crippen LogP contribution in [0, 0.1) is 5.92 Å². The van der Waals surface area contributed by atoms with E-state index >= 15 is 0 Å². The summed E-state index contributed by atoms with van der Waals surface area (Å²) in [4.78, 5) is 10.5. The van der Waals surface area contributed by atoms with Gasteiger partial charge in [-0.1, -0.05) is 6.92 Å². The standard InChI is InChI=1S/C8H10N2O4/c1-4-2-3-13-5(4)6-9-10-7(14-6)8(11)12/h4-5H,2-3H2,1H3,(H,11,12). The number of rotatable bonds is 2. The lowest BCUT2D eigenvalue weighted by molar-refractivity contribution is 0.0592. The van der Waals surface area contributed by atoms with Crippen molar-refractivity contribution in [3.63, 3.8) is 0 Å². The van der Waals surface area contributed by atoms with Gasteiger partial charge in [0.05, 0.1) is 0 Å². The minimum atomic E-state index is -1.21. The average molecular weight is 198 g/mol. The predicted octanol–water partition coefficient (Wildman–Crippen LogP) is 0.865. The second kappa shape index (κ2) is 3.38. The van der Waals surface area contributed by atoms with Crippen molar-refractivity contribution >= 4 is 5.97 Å². The zero-order valence-corrected chi connectivity index (χ0v) is 7.64. The summed E-state index contributed by atoms with van der Waals surface area (Å²) in [6, 6.07) is 0. The topological polar surface area (TPSA) is 85.5 Å². The maximum atomic E-state index is 10.5. The Morgan fingerprint density at radius 2 is 2.36 bits per heavy atom. The molecular weight excluding hydrogens is 188 g/mol. The molecule has 14 heavy (non-hydrogen) atoms. The fourth-order valence-electron chi connectivity index (χ4n) is 1.45. The molecule has 1 aliphatic heterocycles. The molecule has 1 saturated heterocycles. The minimum absolute atomic E-state index is 0.254. The predicted molar refractivity (Wildman–Crippen MR) is 43.7 cm³/mol. The molecule has 1 N–H and O–H groups in total. The van der Waals surface area contributed by atoms with E-state index in [2.05, 4.69) is 10.2 Å². The Bertz CT molecular complexity index is 349. The number of nitrogens with zero attached hydrogens (tertiary/aromatic N) is 2. The van der Waals surface area contributed by atoms with Crippen molar-refractivity contribution in [3.8, 4) is 0 Å². The van der Waals surface area contributed by atoms with Gasteiger partial charge in [-0.3, -0.25) is 0 Å². The molecule has 2 atom stereocenters. The van der Waals surface area contributed by atoms with Gasteiger partial charge in [-0.2, -0.15) is 0 Å². The van der Waals surface area contributed by atoms with Crippen LogP contribution in [0.15, 0.2) is 4.42 Å². The van der Waals surface area contributed by atoms with Crippen LogP contribution in [0.1, 0.15) is 36.0 Å². The largest absolute Gasteiger partial charge is 0.474 e. The zero-order valence-electron chi connectivity index (χ0n) is 7.64. The molecule has 76 valence electrons. The monoisotopic (exact) mass is 198 g/mol. The number of aromatic nitrogens is 2. The third-order valence-electron chi connectivity index (χ3n) is 2.25. The lowest BCUT2D eigenvalue weighted by atomic mass is 10.0. The molecule has 6 nitrogen and oxygen atoms in total. The fourth-order valence-corrected chi connectivity index (χ4v) is 1.45. The van der Waals surface area contributed by atoms with Crippen molar-refractivity contribution in [1.82, 2.24) is 10.2 Å². The van der Waals surface area contributed by atoms with Crippen LogP contribution in [0.2, 0.25) is 0 Å². The van der Waals surface area contributed by atoms with Crippen molar-refractivity contribution in [2.24, 2.45) is 5.92 Å². The first-order valence-electron chi connectivity index (χ1n) is 4.37. The number of carboxylic acid groups (broad SMARTS) is 1. The van der Waals surface area contributed by atoms with E-state index < -0.39 is 5.97 Å². The maximum absolute atomic E-state index is 10.5. The summed E-state index contributed by atoms with van der Waals surface area (Å²) in [6.45, 7) is 2.65. The molecule has 0 radical (unpaired) electrons. The Labute approximate surface area is 79.9 Å². The normalized spacial score (nSPS) is 26.6. The number of ether oxygens (including phenoxy) is 1. The summed E-state index contributed by atoms with van der Waals surface area (Å²) in [5.74, 6) is -1.05. The highest BCUT2D eigenvalue weighted by Gasteiger charge is 2.31. The van der Waals surface area contributed by atoms with Crippen LogP contribution in [-0.4, -0.2) is 27.9 Å². The van der Waals surface area contributed by atoms with E-state index in [9.17, 15) is 4.79 Å². The van der Waals surface area contributed by atoms with Crippen molar-refractivity contribution in [3.05, 3.63) is 11.8 Å². The zero-order chi connectivity index (χ0) is 10.1. The first-order valence-corrected chi connectivity index (χ1v) is 4.37. The van der Waals surface area contributed by atoms with Gasteiger partial charge in [-0.05, 0) is 12.3 Å². The number of hydrogen-bond acceptors (Lipinski definition) is 5. The molecule has 2 unspecified atom stereocenters. The molecule has 0 bridgehead atoms. The van der Waals surface area contributed by atoms with Crippen LogP contribution in [0.5, 0.6) is 0 Å². The number of aromatic carboxylic acids is 1. The number of carbonyl (C=O) groups is 1. The van der Waals surface area contributed by atoms with Gasteiger partial charge in [0.15, 0.2) is 0 Å². The second-order valence-corrected chi connectivity index (χ2v) is 3.31. The highest BCUT2D eigenvalue weighted by atomic mass is 16.5. The lowest BCUT2D eigenvalue weighted by Gasteiger charge is -2.08. The van der Waals surface area contributed by atoms with Crippen molar-refractivity contribution < 1.29 is 19.1 Å². The molecular formula is C8H10N2O4. The summed E-state index contributed by atoms with van der Waals surface area (Å²) in [5.41, 5.74) is 0. The molecule has 0 spiro atoms. The highest BCUT2D eigenvalue weighted by Crippen LogP contribution is 2.32. The third-order valence-corrected chi connectivity index (χ3v) is 2.25. The maximum Gasteiger partial charge on any atom is 0.393 e. The molecule has 2 heterocycles. The van der Waals surface area contributed by atoms with Crippen molar-refractivity contribution in [2.45, 2.75) is 19.4 Å². The van der Waals surface area contributed by atoms with Gasteiger partial charge in [-0.25, -0.2) is 4.79 Å². The van der Waals surface area contributed by atoms with Gasteiger partial charge < -0.3 is 14.3 Å². The average Bonchev–Trinajstić information content (AvgIpc) is 2.71. The van der Waals surface area contributed by atoms with Crippen LogP contribution in [0.4, 0.5) is 0 Å². The fraction of sp³-hybridized carbons (Fsp3) is 0.625. The molecule has 1 fully saturated rings. The first-order chi connectivity index (χ1) is 6.68. The second-order valence-electron chi connectivity index (χ2n) is 3.31. The Morgan fingerprint density at radius 3 is 2.86 bits per heavy atom. The molecule has 6 heteroatoms. The molecule has 0 amide bonds. The van der Waals surface area contributed by atoms with E-state index in [1.807, 2.05) is 6.92 Å². The molecule has 0 saturated carbocycles. The van der Waals surface area contributed by atoms with Crippen molar-refractivity contribution in [1.29, 1.82) is 0 Å². The summed E-state index contributed by atoms with van der Waals surface area (Å²) in [7, 11) is 0. The van der Waals surface area contributed by atoms with Gasteiger partial charge in [-0.15, -0.1) is 10.2 Å². The van der Waals surface area contributed by atoms with Gasteiger partial charge >= 0.3 is 11.9 Å². The first kappa shape index (κ1) is 9.14. The summed E-state index contributed by atoms with van der Waals surface area (Å²) >= 11 is 0. The Morgan fingerprint density at radius 1 is 1.57 bits per heavy atom. The van der Waals surface area contributed by atoms with Crippen LogP contribution in [0.25, 0.3) is 0 Å². The van der Waals surface area contributed by atoms with Gasteiger partial charge in [0.25, 0.3) is 0 Å². The Hall–Kier alpha value is -1.43. The van der Waals surface area contributed by atoms with E-state index in [1.165, 1.54) is 0 Å². The van der Waals surface area contributed by atoms with Crippen LogP contribution in [-0.2, 0) is 4.74 Å². The highest BCUT2D eigenvalue weighted by molar-refractivity contribution is 5.81. The van der Waals surface area contributed by atoms with Gasteiger partial charge in [0, 0.05) is 6.61 Å². The molecule has 1 aromatic rings. The molecule has 0 aliphatic carbocycles. The summed E-state index contributed by atoms with van der Waals surface area (Å²) in [5, 5.41) is 15.6. The van der Waals surface area contributed by atoms with Crippen LogP contribution in [0.3, 0.4) is 0 Å². The summed E-state index contributed by atoms with van der Waals surface area (Å²) < 4.78 is 10.3. The van der Waals surface area contributed by atoms with E-state index in [-0.39, 0.29) is 23.8 Å². The smallest absolute Gasteiger partial charge is 0.393 e. The Balaban J connectivity index is 2.20.